The predicted octanol–water partition coefficient (Wildman–Crippen LogP) is 2.16. The standard InChI is InChI=1S/C18H24N2O4/c1-13(18(23)24)19-17(22)16-10-7-9-15(12-16)8-5-4-6-11-20(3)14(2)21/h5,7-10,12-13H,4,6,11H2,1-3H3,(H,19,22)(H,23,24)/t13-/m1/s1. The van der Waals surface area contributed by atoms with Crippen LogP contribution in [0.2, 0.25) is 0 Å². The summed E-state index contributed by atoms with van der Waals surface area (Å²) in [4.78, 5) is 35.5. The van der Waals surface area contributed by atoms with Crippen molar-refractivity contribution in [3.63, 3.8) is 0 Å². The minimum atomic E-state index is -1.07. The third-order valence-corrected chi connectivity index (χ3v) is 3.58. The molecule has 6 nitrogen and oxygen atoms in total. The molecule has 0 radical (unpaired) electrons. The Balaban J connectivity index is 2.56. The third-order valence-electron chi connectivity index (χ3n) is 3.58. The Kier molecular flexibility index (Phi) is 7.68. The Morgan fingerprint density at radius 1 is 1.33 bits per heavy atom. The van der Waals surface area contributed by atoms with E-state index in [9.17, 15) is 14.4 Å². The number of carboxylic acids is 1. The first-order chi connectivity index (χ1) is 11.3. The Morgan fingerprint density at radius 2 is 2.04 bits per heavy atom. The number of unbranched alkanes of at least 4 members (excludes halogenated alkanes) is 1. The Bertz CT molecular complexity index is 625. The van der Waals surface area contributed by atoms with Crippen LogP contribution in [0.15, 0.2) is 30.3 Å². The minimum absolute atomic E-state index is 0.0493. The maximum atomic E-state index is 12.0. The lowest BCUT2D eigenvalue weighted by atomic mass is 10.1. The molecule has 2 amide bonds. The average Bonchev–Trinajstić information content (AvgIpc) is 2.54. The molecule has 0 unspecified atom stereocenters. The Hall–Kier alpha value is -2.63. The van der Waals surface area contributed by atoms with E-state index in [-0.39, 0.29) is 5.91 Å². The number of amides is 2. The number of rotatable bonds is 8. The van der Waals surface area contributed by atoms with Gasteiger partial charge in [-0.25, -0.2) is 0 Å². The molecule has 0 bridgehead atoms. The number of aliphatic carboxylic acids is 1. The molecule has 0 saturated heterocycles. The van der Waals surface area contributed by atoms with Crippen LogP contribution in [0, 0.1) is 0 Å². The number of nitrogens with zero attached hydrogens (tertiary/aromatic N) is 1. The molecule has 130 valence electrons. The van der Waals surface area contributed by atoms with Gasteiger partial charge in [-0.05, 0) is 37.5 Å². The summed E-state index contributed by atoms with van der Waals surface area (Å²) in [6, 6.07) is 6.04. The first-order valence-electron chi connectivity index (χ1n) is 7.83. The van der Waals surface area contributed by atoms with Gasteiger partial charge >= 0.3 is 5.97 Å². The number of allylic oxidation sites excluding steroid dienone is 1. The van der Waals surface area contributed by atoms with Crippen LogP contribution in [0.4, 0.5) is 0 Å². The fraction of sp³-hybridized carbons (Fsp3) is 0.389. The van der Waals surface area contributed by atoms with Gasteiger partial charge < -0.3 is 15.3 Å². The summed E-state index contributed by atoms with van der Waals surface area (Å²) in [6.07, 6.45) is 5.59. The largest absolute Gasteiger partial charge is 0.480 e. The van der Waals surface area contributed by atoms with Gasteiger partial charge in [-0.15, -0.1) is 0 Å². The number of nitrogens with one attached hydrogen (secondary N) is 1. The molecule has 2 N–H and O–H groups in total. The van der Waals surface area contributed by atoms with Gasteiger partial charge in [0.25, 0.3) is 5.91 Å². The van der Waals surface area contributed by atoms with Crippen LogP contribution in [0.5, 0.6) is 0 Å². The van der Waals surface area contributed by atoms with Gasteiger partial charge in [-0.3, -0.25) is 14.4 Å². The van der Waals surface area contributed by atoms with Crippen molar-refractivity contribution in [3.8, 4) is 0 Å². The van der Waals surface area contributed by atoms with Crippen LogP contribution < -0.4 is 5.32 Å². The summed E-state index contributed by atoms with van der Waals surface area (Å²) < 4.78 is 0. The van der Waals surface area contributed by atoms with Crippen molar-refractivity contribution in [2.75, 3.05) is 13.6 Å². The van der Waals surface area contributed by atoms with E-state index in [1.54, 1.807) is 30.1 Å². The highest BCUT2D eigenvalue weighted by atomic mass is 16.4. The molecule has 0 aromatic heterocycles. The van der Waals surface area contributed by atoms with Gasteiger partial charge in [0, 0.05) is 26.1 Å². The monoisotopic (exact) mass is 332 g/mol. The van der Waals surface area contributed by atoms with Crippen molar-refractivity contribution in [2.45, 2.75) is 32.7 Å². The molecule has 24 heavy (non-hydrogen) atoms. The molecule has 0 saturated carbocycles. The lowest BCUT2D eigenvalue weighted by Gasteiger charge is -2.13. The van der Waals surface area contributed by atoms with Crippen molar-refractivity contribution in [1.82, 2.24) is 10.2 Å². The van der Waals surface area contributed by atoms with Crippen LogP contribution in [0.1, 0.15) is 42.6 Å². The second-order valence-electron chi connectivity index (χ2n) is 5.64. The molecular formula is C18H24N2O4. The van der Waals surface area contributed by atoms with Crippen LogP contribution in [0.3, 0.4) is 0 Å². The highest BCUT2D eigenvalue weighted by molar-refractivity contribution is 5.96. The highest BCUT2D eigenvalue weighted by Gasteiger charge is 2.15. The third kappa shape index (κ3) is 6.64. The van der Waals surface area contributed by atoms with Gasteiger partial charge in [0.2, 0.25) is 5.91 Å². The topological polar surface area (TPSA) is 86.7 Å². The maximum absolute atomic E-state index is 12.0. The van der Waals surface area contributed by atoms with Crippen LogP contribution >= 0.6 is 0 Å². The van der Waals surface area contributed by atoms with Crippen LogP contribution in [0.25, 0.3) is 6.08 Å². The highest BCUT2D eigenvalue weighted by Crippen LogP contribution is 2.09. The van der Waals surface area contributed by atoms with Crippen molar-refractivity contribution >= 4 is 23.9 Å². The number of benzene rings is 1. The molecule has 1 rings (SSSR count). The SMILES string of the molecule is CC(=O)N(C)CCCC=Cc1cccc(C(=O)N[C@H](C)C(=O)O)c1. The van der Waals surface area contributed by atoms with Crippen molar-refractivity contribution in [3.05, 3.63) is 41.5 Å². The molecular weight excluding hydrogens is 308 g/mol. The lowest BCUT2D eigenvalue weighted by Crippen LogP contribution is -2.38. The van der Waals surface area contributed by atoms with E-state index in [0.29, 0.717) is 12.1 Å². The van der Waals surface area contributed by atoms with Crippen molar-refractivity contribution in [1.29, 1.82) is 0 Å². The molecule has 0 aliphatic rings. The molecule has 0 aliphatic carbocycles. The summed E-state index contributed by atoms with van der Waals surface area (Å²) >= 11 is 0. The maximum Gasteiger partial charge on any atom is 0.325 e. The average molecular weight is 332 g/mol. The first kappa shape index (κ1) is 19.4. The number of carboxylic acid groups (broad SMARTS) is 1. The minimum Gasteiger partial charge on any atom is -0.480 e. The molecule has 6 heteroatoms. The molecule has 0 spiro atoms. The normalized spacial score (nSPS) is 12.0. The fourth-order valence-electron chi connectivity index (χ4n) is 1.95. The van der Waals surface area contributed by atoms with Gasteiger partial charge in [-0.2, -0.15) is 0 Å². The zero-order valence-electron chi connectivity index (χ0n) is 14.3. The van der Waals surface area contributed by atoms with Crippen LogP contribution in [-0.4, -0.2) is 47.4 Å². The zero-order chi connectivity index (χ0) is 18.1. The van der Waals surface area contributed by atoms with E-state index >= 15 is 0 Å². The smallest absolute Gasteiger partial charge is 0.325 e. The zero-order valence-corrected chi connectivity index (χ0v) is 14.3. The number of carbonyl (C=O) groups is 3. The molecule has 1 atom stereocenters. The summed E-state index contributed by atoms with van der Waals surface area (Å²) in [5.41, 5.74) is 1.28. The quantitative estimate of drug-likeness (QED) is 0.714. The van der Waals surface area contributed by atoms with E-state index in [0.717, 1.165) is 18.4 Å². The van der Waals surface area contributed by atoms with Gasteiger partial charge in [0.1, 0.15) is 6.04 Å². The van der Waals surface area contributed by atoms with Crippen molar-refractivity contribution in [2.24, 2.45) is 0 Å². The second kappa shape index (κ2) is 9.50. The first-order valence-corrected chi connectivity index (χ1v) is 7.83. The van der Waals surface area contributed by atoms with E-state index in [1.807, 2.05) is 18.2 Å². The fourth-order valence-corrected chi connectivity index (χ4v) is 1.95. The number of hydrogen-bond acceptors (Lipinski definition) is 3. The van der Waals surface area contributed by atoms with E-state index in [1.165, 1.54) is 13.8 Å². The van der Waals surface area contributed by atoms with Gasteiger partial charge in [0.15, 0.2) is 0 Å². The second-order valence-corrected chi connectivity index (χ2v) is 5.64. The molecule has 1 aromatic rings. The van der Waals surface area contributed by atoms with Gasteiger partial charge in [-0.1, -0.05) is 24.3 Å². The predicted molar refractivity (Wildman–Crippen MR) is 92.6 cm³/mol. The Labute approximate surface area is 142 Å². The summed E-state index contributed by atoms with van der Waals surface area (Å²) in [6.45, 7) is 3.66. The number of hydrogen-bond donors (Lipinski definition) is 2. The molecule has 0 aliphatic heterocycles. The molecule has 1 aromatic carbocycles. The molecule has 0 fully saturated rings. The summed E-state index contributed by atoms with van der Waals surface area (Å²) in [7, 11) is 1.77. The van der Waals surface area contributed by atoms with Crippen molar-refractivity contribution < 1.29 is 19.5 Å². The van der Waals surface area contributed by atoms with E-state index in [2.05, 4.69) is 5.32 Å². The van der Waals surface area contributed by atoms with Crippen LogP contribution in [-0.2, 0) is 9.59 Å². The Morgan fingerprint density at radius 3 is 2.67 bits per heavy atom. The number of carbonyl (C=O) groups excluding carboxylic acids is 2. The summed E-state index contributed by atoms with van der Waals surface area (Å²) in [5.74, 6) is -1.44. The van der Waals surface area contributed by atoms with E-state index in [4.69, 9.17) is 5.11 Å². The molecule has 0 heterocycles. The van der Waals surface area contributed by atoms with Gasteiger partial charge in [0.05, 0.1) is 0 Å². The van der Waals surface area contributed by atoms with E-state index < -0.39 is 17.9 Å². The lowest BCUT2D eigenvalue weighted by molar-refractivity contribution is -0.138. The summed E-state index contributed by atoms with van der Waals surface area (Å²) in [5, 5.41) is 11.2.